The highest BCUT2D eigenvalue weighted by molar-refractivity contribution is 7.14. The average molecular weight is 398 g/mol. The minimum atomic E-state index is -1.29. The molecule has 1 unspecified atom stereocenters. The highest BCUT2D eigenvalue weighted by Gasteiger charge is 2.26. The fourth-order valence-electron chi connectivity index (χ4n) is 1.92. The van der Waals surface area contributed by atoms with Crippen LogP contribution in [0.1, 0.15) is 27.6 Å². The van der Waals surface area contributed by atoms with E-state index in [0.29, 0.717) is 0 Å². The van der Waals surface area contributed by atoms with Crippen LogP contribution in [0.4, 0.5) is 10.7 Å². The number of thiophene rings is 1. The molecular formula is C15H12ClN3O6S. The summed E-state index contributed by atoms with van der Waals surface area (Å²) in [6.07, 6.45) is -1.29. The van der Waals surface area contributed by atoms with E-state index in [4.69, 9.17) is 22.1 Å². The predicted octanol–water partition coefficient (Wildman–Crippen LogP) is 2.59. The van der Waals surface area contributed by atoms with Gasteiger partial charge in [-0.25, -0.2) is 4.79 Å². The van der Waals surface area contributed by atoms with Gasteiger partial charge in [-0.2, -0.15) is 0 Å². The first-order valence-electron chi connectivity index (χ1n) is 7.03. The highest BCUT2D eigenvalue weighted by atomic mass is 35.5. The number of nitro groups is 1. The van der Waals surface area contributed by atoms with Crippen LogP contribution in [0.25, 0.3) is 0 Å². The molecule has 0 aliphatic carbocycles. The number of benzene rings is 1. The molecular weight excluding hydrogens is 386 g/mol. The van der Waals surface area contributed by atoms with Crippen LogP contribution >= 0.6 is 22.9 Å². The lowest BCUT2D eigenvalue weighted by atomic mass is 10.2. The number of nitrogens with one attached hydrogen (secondary N) is 1. The Labute approximate surface area is 155 Å². The molecule has 1 atom stereocenters. The normalized spacial score (nSPS) is 11.5. The standard InChI is InChI=1S/C15H12ClN3O6S/c1-7(13(21)18-14-9(12(17)20)4-5-26-14)25-15(22)10-6-8(16)2-3-11(10)19(23)24/h2-7H,1H3,(H2,17,20)(H,18,21). The summed E-state index contributed by atoms with van der Waals surface area (Å²) in [5.41, 5.74) is 4.42. The smallest absolute Gasteiger partial charge is 0.345 e. The number of carbonyl (C=O) groups is 3. The average Bonchev–Trinajstić information content (AvgIpc) is 3.02. The SMILES string of the molecule is CC(OC(=O)c1cc(Cl)ccc1[N+](=O)[O-])C(=O)Nc1sccc1C(N)=O. The number of anilines is 1. The molecule has 0 saturated carbocycles. The molecule has 136 valence electrons. The largest absolute Gasteiger partial charge is 0.449 e. The van der Waals surface area contributed by atoms with Crippen molar-refractivity contribution < 1.29 is 24.0 Å². The van der Waals surface area contributed by atoms with E-state index in [0.717, 1.165) is 23.5 Å². The highest BCUT2D eigenvalue weighted by Crippen LogP contribution is 2.25. The van der Waals surface area contributed by atoms with Gasteiger partial charge in [0.05, 0.1) is 10.5 Å². The fraction of sp³-hybridized carbons (Fsp3) is 0.133. The molecule has 3 N–H and O–H groups in total. The maximum Gasteiger partial charge on any atom is 0.345 e. The third-order valence-electron chi connectivity index (χ3n) is 3.20. The third kappa shape index (κ3) is 4.35. The van der Waals surface area contributed by atoms with Gasteiger partial charge in [0.15, 0.2) is 6.10 Å². The molecule has 0 aliphatic heterocycles. The Morgan fingerprint density at radius 1 is 1.31 bits per heavy atom. The number of nitro benzene ring substituents is 1. The number of halogens is 1. The summed E-state index contributed by atoms with van der Waals surface area (Å²) in [7, 11) is 0. The number of nitrogens with zero attached hydrogens (tertiary/aromatic N) is 1. The third-order valence-corrected chi connectivity index (χ3v) is 4.26. The van der Waals surface area contributed by atoms with Crippen molar-refractivity contribution in [3.05, 3.63) is 55.9 Å². The molecule has 1 aromatic heterocycles. The number of nitrogens with two attached hydrogens (primary N) is 1. The molecule has 2 rings (SSSR count). The van der Waals surface area contributed by atoms with Gasteiger partial charge in [0, 0.05) is 11.1 Å². The lowest BCUT2D eigenvalue weighted by Crippen LogP contribution is -2.30. The van der Waals surface area contributed by atoms with Crippen molar-refractivity contribution in [2.24, 2.45) is 5.73 Å². The Bertz CT molecular complexity index is 897. The molecule has 0 spiro atoms. The molecule has 9 nitrogen and oxygen atoms in total. The van der Waals surface area contributed by atoms with Crippen LogP contribution in [0.2, 0.25) is 5.02 Å². The zero-order valence-electron chi connectivity index (χ0n) is 13.2. The van der Waals surface area contributed by atoms with E-state index < -0.39 is 34.5 Å². The summed E-state index contributed by atoms with van der Waals surface area (Å²) in [5.74, 6) is -2.53. The maximum atomic E-state index is 12.2. The molecule has 0 saturated heterocycles. The van der Waals surface area contributed by atoms with Gasteiger partial charge >= 0.3 is 5.97 Å². The van der Waals surface area contributed by atoms with Crippen molar-refractivity contribution in [1.29, 1.82) is 0 Å². The van der Waals surface area contributed by atoms with Gasteiger partial charge in [0.1, 0.15) is 10.6 Å². The molecule has 2 aromatic rings. The van der Waals surface area contributed by atoms with Crippen LogP contribution in [-0.4, -0.2) is 28.8 Å². The molecule has 0 bridgehead atoms. The van der Waals surface area contributed by atoms with E-state index in [1.54, 1.807) is 5.38 Å². The fourth-order valence-corrected chi connectivity index (χ4v) is 2.89. The zero-order valence-corrected chi connectivity index (χ0v) is 14.8. The number of hydrogen-bond donors (Lipinski definition) is 2. The lowest BCUT2D eigenvalue weighted by molar-refractivity contribution is -0.385. The number of carbonyl (C=O) groups excluding carboxylic acids is 3. The topological polar surface area (TPSA) is 142 Å². The minimum absolute atomic E-state index is 0.101. The van der Waals surface area contributed by atoms with Gasteiger partial charge in [0.2, 0.25) is 0 Å². The maximum absolute atomic E-state index is 12.2. The van der Waals surface area contributed by atoms with Crippen molar-refractivity contribution >= 4 is 51.4 Å². The Morgan fingerprint density at radius 2 is 2.00 bits per heavy atom. The van der Waals surface area contributed by atoms with Crippen molar-refractivity contribution in [3.8, 4) is 0 Å². The van der Waals surface area contributed by atoms with Crippen molar-refractivity contribution in [2.45, 2.75) is 13.0 Å². The van der Waals surface area contributed by atoms with E-state index in [2.05, 4.69) is 5.32 Å². The van der Waals surface area contributed by atoms with E-state index >= 15 is 0 Å². The number of primary amides is 1. The summed E-state index contributed by atoms with van der Waals surface area (Å²) < 4.78 is 4.97. The number of rotatable bonds is 6. The van der Waals surface area contributed by atoms with E-state index in [-0.39, 0.29) is 21.2 Å². The Kier molecular flexibility index (Phi) is 5.90. The van der Waals surface area contributed by atoms with Gasteiger partial charge in [-0.3, -0.25) is 19.7 Å². The summed E-state index contributed by atoms with van der Waals surface area (Å²) in [6.45, 7) is 1.28. The number of amides is 2. The second-order valence-electron chi connectivity index (χ2n) is 4.98. The quantitative estimate of drug-likeness (QED) is 0.435. The predicted molar refractivity (Wildman–Crippen MR) is 94.5 cm³/mol. The summed E-state index contributed by atoms with van der Waals surface area (Å²) >= 11 is 6.82. The molecule has 0 fully saturated rings. The zero-order chi connectivity index (χ0) is 19.4. The van der Waals surface area contributed by atoms with Crippen molar-refractivity contribution in [1.82, 2.24) is 0 Å². The molecule has 2 amide bonds. The van der Waals surface area contributed by atoms with Gasteiger partial charge in [-0.05, 0) is 30.5 Å². The Hall–Kier alpha value is -2.98. The minimum Gasteiger partial charge on any atom is -0.449 e. The molecule has 1 heterocycles. The first kappa shape index (κ1) is 19.3. The first-order chi connectivity index (χ1) is 12.2. The number of hydrogen-bond acceptors (Lipinski definition) is 7. The van der Waals surface area contributed by atoms with Crippen molar-refractivity contribution in [2.75, 3.05) is 5.32 Å². The van der Waals surface area contributed by atoms with Gasteiger partial charge < -0.3 is 15.8 Å². The Morgan fingerprint density at radius 3 is 2.62 bits per heavy atom. The van der Waals surface area contributed by atoms with Crippen LogP contribution in [0, 0.1) is 10.1 Å². The molecule has 11 heteroatoms. The monoisotopic (exact) mass is 397 g/mol. The second kappa shape index (κ2) is 7.93. The van der Waals surface area contributed by atoms with E-state index in [9.17, 15) is 24.5 Å². The van der Waals surface area contributed by atoms with Crippen LogP contribution in [0.3, 0.4) is 0 Å². The Balaban J connectivity index is 2.13. The van der Waals surface area contributed by atoms with Crippen molar-refractivity contribution in [3.63, 3.8) is 0 Å². The summed E-state index contributed by atoms with van der Waals surface area (Å²) in [4.78, 5) is 45.8. The number of esters is 1. The second-order valence-corrected chi connectivity index (χ2v) is 6.34. The lowest BCUT2D eigenvalue weighted by Gasteiger charge is -2.13. The molecule has 0 aliphatic rings. The van der Waals surface area contributed by atoms with Gasteiger partial charge in [-0.1, -0.05) is 11.6 Å². The van der Waals surface area contributed by atoms with Crippen LogP contribution in [-0.2, 0) is 9.53 Å². The van der Waals surface area contributed by atoms with Gasteiger partial charge in [0.25, 0.3) is 17.5 Å². The first-order valence-corrected chi connectivity index (χ1v) is 8.29. The molecule has 1 aromatic carbocycles. The summed E-state index contributed by atoms with van der Waals surface area (Å²) in [5, 5.41) is 15.3. The summed E-state index contributed by atoms with van der Waals surface area (Å²) in [6, 6.07) is 4.84. The molecule has 0 radical (unpaired) electrons. The van der Waals surface area contributed by atoms with Gasteiger partial charge in [-0.15, -0.1) is 11.3 Å². The van der Waals surface area contributed by atoms with Crippen LogP contribution < -0.4 is 11.1 Å². The molecule has 26 heavy (non-hydrogen) atoms. The van der Waals surface area contributed by atoms with E-state index in [1.807, 2.05) is 0 Å². The number of ether oxygens (including phenoxy) is 1. The van der Waals surface area contributed by atoms with E-state index in [1.165, 1.54) is 19.1 Å². The van der Waals surface area contributed by atoms with Crippen LogP contribution in [0.5, 0.6) is 0 Å². The van der Waals surface area contributed by atoms with Crippen LogP contribution in [0.15, 0.2) is 29.6 Å².